The Kier molecular flexibility index (Phi) is 6.27. The van der Waals surface area contributed by atoms with E-state index in [9.17, 15) is 4.79 Å². The van der Waals surface area contributed by atoms with Crippen LogP contribution in [-0.2, 0) is 17.6 Å². The highest BCUT2D eigenvalue weighted by molar-refractivity contribution is 7.99. The largest absolute Gasteiger partial charge is 0.325 e. The smallest absolute Gasteiger partial charge is 0.234 e. The number of hydrogen-bond acceptors (Lipinski definition) is 5. The molecule has 0 saturated heterocycles. The molecule has 0 saturated carbocycles. The molecule has 0 radical (unpaired) electrons. The molecule has 2 aromatic heterocycles. The number of fused-ring (bicyclic) bond motifs is 1. The summed E-state index contributed by atoms with van der Waals surface area (Å²) in [6.07, 6.45) is 4.79. The summed E-state index contributed by atoms with van der Waals surface area (Å²) in [5, 5.41) is 15.5. The lowest BCUT2D eigenvalue weighted by atomic mass is 9.95. The maximum atomic E-state index is 12.4. The van der Waals surface area contributed by atoms with E-state index >= 15 is 0 Å². The number of nitrogens with zero attached hydrogens (tertiary/aromatic N) is 3. The first-order valence-electron chi connectivity index (χ1n) is 9.75. The van der Waals surface area contributed by atoms with Gasteiger partial charge in [0.05, 0.1) is 5.75 Å². The first-order chi connectivity index (χ1) is 14.0. The molecule has 0 atom stereocenters. The molecule has 2 heterocycles. The van der Waals surface area contributed by atoms with Crippen LogP contribution in [0.5, 0.6) is 0 Å². The highest BCUT2D eigenvalue weighted by Gasteiger charge is 2.23. The minimum Gasteiger partial charge on any atom is -0.325 e. The van der Waals surface area contributed by atoms with Crippen molar-refractivity contribution < 1.29 is 4.79 Å². The van der Waals surface area contributed by atoms with E-state index in [1.54, 1.807) is 24.3 Å². The van der Waals surface area contributed by atoms with E-state index in [1.807, 2.05) is 11.3 Å². The van der Waals surface area contributed by atoms with Gasteiger partial charge in [-0.15, -0.1) is 21.5 Å². The van der Waals surface area contributed by atoms with Gasteiger partial charge < -0.3 is 5.32 Å². The molecule has 3 aromatic rings. The molecule has 29 heavy (non-hydrogen) atoms. The molecule has 8 heteroatoms. The predicted molar refractivity (Wildman–Crippen MR) is 121 cm³/mol. The Morgan fingerprint density at radius 3 is 2.76 bits per heavy atom. The Labute approximate surface area is 183 Å². The van der Waals surface area contributed by atoms with Gasteiger partial charge >= 0.3 is 0 Å². The van der Waals surface area contributed by atoms with Gasteiger partial charge in [-0.3, -0.25) is 9.36 Å². The number of hydrogen-bond donors (Lipinski definition) is 1. The Morgan fingerprint density at radius 1 is 1.24 bits per heavy atom. The summed E-state index contributed by atoms with van der Waals surface area (Å²) in [5.41, 5.74) is 3.38. The van der Waals surface area contributed by atoms with Gasteiger partial charge in [-0.1, -0.05) is 23.4 Å². The summed E-state index contributed by atoms with van der Waals surface area (Å²) in [6.45, 7) is 4.26. The van der Waals surface area contributed by atoms with Gasteiger partial charge in [-0.05, 0) is 69.4 Å². The fourth-order valence-corrected chi connectivity index (χ4v) is 5.68. The zero-order valence-electron chi connectivity index (χ0n) is 16.4. The molecule has 0 fully saturated rings. The Morgan fingerprint density at radius 2 is 2.00 bits per heavy atom. The van der Waals surface area contributed by atoms with Crippen LogP contribution in [0.15, 0.2) is 34.8 Å². The topological polar surface area (TPSA) is 59.8 Å². The van der Waals surface area contributed by atoms with Gasteiger partial charge in [0.2, 0.25) is 5.91 Å². The monoisotopic (exact) mass is 446 g/mol. The Bertz CT molecular complexity index is 1010. The molecule has 1 amide bonds. The molecular formula is C21H23ClN4OS2. The van der Waals surface area contributed by atoms with E-state index in [1.165, 1.54) is 47.0 Å². The SMILES string of the molecule is CC(C)n1c(SCC(=O)Nc2ccc(Cl)cc2)nnc1-c1csc2c1CCCC2. The summed E-state index contributed by atoms with van der Waals surface area (Å²) >= 11 is 9.14. The second-order valence-corrected chi connectivity index (χ2v) is 9.72. The summed E-state index contributed by atoms with van der Waals surface area (Å²) < 4.78 is 2.15. The van der Waals surface area contributed by atoms with Crippen LogP contribution < -0.4 is 5.32 Å². The van der Waals surface area contributed by atoms with Crippen molar-refractivity contribution >= 4 is 46.3 Å². The molecule has 5 nitrogen and oxygen atoms in total. The number of aromatic nitrogens is 3. The van der Waals surface area contributed by atoms with Crippen LogP contribution in [0.3, 0.4) is 0 Å². The lowest BCUT2D eigenvalue weighted by Crippen LogP contribution is -2.15. The van der Waals surface area contributed by atoms with Crippen molar-refractivity contribution in [3.63, 3.8) is 0 Å². The number of thiophene rings is 1. The van der Waals surface area contributed by atoms with Crippen molar-refractivity contribution in [3.8, 4) is 11.4 Å². The molecule has 0 spiro atoms. The second-order valence-electron chi connectivity index (χ2n) is 7.37. The molecule has 0 aliphatic heterocycles. The average molecular weight is 447 g/mol. The minimum atomic E-state index is -0.0786. The minimum absolute atomic E-state index is 0.0786. The summed E-state index contributed by atoms with van der Waals surface area (Å²) in [4.78, 5) is 13.8. The van der Waals surface area contributed by atoms with Crippen molar-refractivity contribution in [1.29, 1.82) is 0 Å². The molecule has 1 aliphatic rings. The molecule has 152 valence electrons. The standard InChI is InChI=1S/C21H23ClN4OS2/c1-13(2)26-20(17-11-28-18-6-4-3-5-16(17)18)24-25-21(26)29-12-19(27)23-15-9-7-14(22)8-10-15/h7-11,13H,3-6,12H2,1-2H3,(H,23,27). The number of nitrogens with one attached hydrogen (secondary N) is 1. The van der Waals surface area contributed by atoms with E-state index in [2.05, 4.69) is 39.3 Å². The maximum Gasteiger partial charge on any atom is 0.234 e. The van der Waals surface area contributed by atoms with Crippen LogP contribution >= 0.6 is 34.7 Å². The van der Waals surface area contributed by atoms with Crippen molar-refractivity contribution in [1.82, 2.24) is 14.8 Å². The summed E-state index contributed by atoms with van der Waals surface area (Å²) in [5.74, 6) is 1.11. The number of benzene rings is 1. The van der Waals surface area contributed by atoms with Crippen LogP contribution in [-0.4, -0.2) is 26.4 Å². The third-order valence-electron chi connectivity index (χ3n) is 4.94. The van der Waals surface area contributed by atoms with Crippen molar-refractivity contribution in [2.75, 3.05) is 11.1 Å². The van der Waals surface area contributed by atoms with Gasteiger partial charge in [0.15, 0.2) is 11.0 Å². The molecule has 0 bridgehead atoms. The number of anilines is 1. The van der Waals surface area contributed by atoms with Gasteiger partial charge in [0.25, 0.3) is 0 Å². The third kappa shape index (κ3) is 4.52. The number of thioether (sulfide) groups is 1. The van der Waals surface area contributed by atoms with Gasteiger partial charge in [0, 0.05) is 32.6 Å². The zero-order chi connectivity index (χ0) is 20.4. The fourth-order valence-electron chi connectivity index (χ4n) is 3.57. The molecule has 4 rings (SSSR count). The second kappa shape index (κ2) is 8.90. The summed E-state index contributed by atoms with van der Waals surface area (Å²) in [7, 11) is 0. The predicted octanol–water partition coefficient (Wildman–Crippen LogP) is 5.85. The Balaban J connectivity index is 1.50. The molecular weight excluding hydrogens is 424 g/mol. The quantitative estimate of drug-likeness (QED) is 0.482. The van der Waals surface area contributed by atoms with E-state index in [-0.39, 0.29) is 17.7 Å². The number of rotatable bonds is 6. The number of carbonyl (C=O) groups excluding carboxylic acids is 1. The highest BCUT2D eigenvalue weighted by atomic mass is 35.5. The first-order valence-corrected chi connectivity index (χ1v) is 12.0. The normalized spacial score (nSPS) is 13.5. The van der Waals surface area contributed by atoms with E-state index in [0.29, 0.717) is 5.02 Å². The fraction of sp³-hybridized carbons (Fsp3) is 0.381. The van der Waals surface area contributed by atoms with Crippen LogP contribution in [0.1, 0.15) is 43.2 Å². The number of carbonyl (C=O) groups is 1. The number of amides is 1. The molecule has 1 aromatic carbocycles. The van der Waals surface area contributed by atoms with Gasteiger partial charge in [0.1, 0.15) is 0 Å². The lowest BCUT2D eigenvalue weighted by Gasteiger charge is -2.16. The zero-order valence-corrected chi connectivity index (χ0v) is 18.8. The summed E-state index contributed by atoms with van der Waals surface area (Å²) in [6, 6.07) is 7.31. The van der Waals surface area contributed by atoms with Gasteiger partial charge in [-0.2, -0.15) is 0 Å². The van der Waals surface area contributed by atoms with Crippen molar-refractivity contribution in [2.45, 2.75) is 50.7 Å². The third-order valence-corrected chi connectivity index (χ3v) is 7.23. The van der Waals surface area contributed by atoms with Crippen molar-refractivity contribution in [2.24, 2.45) is 0 Å². The molecule has 1 N–H and O–H groups in total. The van der Waals surface area contributed by atoms with E-state index in [4.69, 9.17) is 11.6 Å². The van der Waals surface area contributed by atoms with Crippen LogP contribution in [0.4, 0.5) is 5.69 Å². The highest BCUT2D eigenvalue weighted by Crippen LogP contribution is 2.37. The molecule has 0 unspecified atom stereocenters. The van der Waals surface area contributed by atoms with E-state index < -0.39 is 0 Å². The van der Waals surface area contributed by atoms with Crippen LogP contribution in [0.25, 0.3) is 11.4 Å². The van der Waals surface area contributed by atoms with E-state index in [0.717, 1.165) is 23.1 Å². The van der Waals surface area contributed by atoms with Crippen molar-refractivity contribution in [3.05, 3.63) is 45.1 Å². The maximum absolute atomic E-state index is 12.4. The number of aryl methyl sites for hydroxylation is 1. The Hall–Kier alpha value is -1.83. The lowest BCUT2D eigenvalue weighted by molar-refractivity contribution is -0.113. The average Bonchev–Trinajstić information content (AvgIpc) is 3.32. The first kappa shape index (κ1) is 20.4. The van der Waals surface area contributed by atoms with Crippen LogP contribution in [0.2, 0.25) is 5.02 Å². The number of halogens is 1. The van der Waals surface area contributed by atoms with Gasteiger partial charge in [-0.25, -0.2) is 0 Å². The molecule has 1 aliphatic carbocycles. The van der Waals surface area contributed by atoms with Crippen LogP contribution in [0, 0.1) is 0 Å².